The van der Waals surface area contributed by atoms with Crippen LogP contribution in [0.3, 0.4) is 0 Å². The number of carbonyl (C=O) groups is 2. The SMILES string of the molecule is O=C(O)C(NCNc1ncncn1)C(=O)O. The molecule has 0 bridgehead atoms. The smallest absolute Gasteiger partial charge is 0.332 e. The summed E-state index contributed by atoms with van der Waals surface area (Å²) < 4.78 is 0. The number of anilines is 1. The van der Waals surface area contributed by atoms with E-state index in [4.69, 9.17) is 10.2 Å². The van der Waals surface area contributed by atoms with Gasteiger partial charge in [0.25, 0.3) is 0 Å². The second-order valence-electron chi connectivity index (χ2n) is 2.63. The summed E-state index contributed by atoms with van der Waals surface area (Å²) >= 11 is 0. The van der Waals surface area contributed by atoms with E-state index in [1.807, 2.05) is 0 Å². The standard InChI is InChI=1S/C7H9N5O4/c13-5(14)4(6(15)16)9-3-12-7-10-1-8-2-11-7/h1-2,4,9H,3H2,(H,13,14)(H,15,16)(H,8,10,11,12). The largest absolute Gasteiger partial charge is 0.480 e. The molecule has 1 rings (SSSR count). The van der Waals surface area contributed by atoms with Crippen LogP contribution in [-0.4, -0.2) is 49.8 Å². The van der Waals surface area contributed by atoms with Crippen LogP contribution in [0.15, 0.2) is 12.7 Å². The molecule has 86 valence electrons. The molecule has 0 aromatic carbocycles. The van der Waals surface area contributed by atoms with Crippen LogP contribution in [0.1, 0.15) is 0 Å². The number of aromatic nitrogens is 3. The minimum Gasteiger partial charge on any atom is -0.480 e. The number of carboxylic acids is 2. The van der Waals surface area contributed by atoms with Gasteiger partial charge in [-0.1, -0.05) is 0 Å². The Balaban J connectivity index is 2.40. The second kappa shape index (κ2) is 5.56. The minimum absolute atomic E-state index is 0.0900. The monoisotopic (exact) mass is 227 g/mol. The van der Waals surface area contributed by atoms with Crippen LogP contribution in [0.5, 0.6) is 0 Å². The third kappa shape index (κ3) is 3.46. The van der Waals surface area contributed by atoms with E-state index in [-0.39, 0.29) is 12.6 Å². The molecule has 0 radical (unpaired) electrons. The number of rotatable bonds is 6. The molecule has 16 heavy (non-hydrogen) atoms. The van der Waals surface area contributed by atoms with E-state index in [9.17, 15) is 9.59 Å². The van der Waals surface area contributed by atoms with Gasteiger partial charge >= 0.3 is 11.9 Å². The fourth-order valence-corrected chi connectivity index (χ4v) is 0.843. The van der Waals surface area contributed by atoms with Crippen molar-refractivity contribution in [3.8, 4) is 0 Å². The summed E-state index contributed by atoms with van der Waals surface area (Å²) in [5.74, 6) is -2.72. The molecule has 0 unspecified atom stereocenters. The van der Waals surface area contributed by atoms with Crippen molar-refractivity contribution in [3.05, 3.63) is 12.7 Å². The second-order valence-corrected chi connectivity index (χ2v) is 2.63. The number of nitrogens with zero attached hydrogens (tertiary/aromatic N) is 3. The molecular formula is C7H9N5O4. The van der Waals surface area contributed by atoms with Crippen molar-refractivity contribution in [3.63, 3.8) is 0 Å². The van der Waals surface area contributed by atoms with Gasteiger partial charge in [0, 0.05) is 0 Å². The average molecular weight is 227 g/mol. The molecule has 1 aromatic heterocycles. The van der Waals surface area contributed by atoms with Crippen molar-refractivity contribution in [2.45, 2.75) is 6.04 Å². The van der Waals surface area contributed by atoms with E-state index >= 15 is 0 Å². The lowest BCUT2D eigenvalue weighted by atomic mass is 10.3. The third-order valence-corrected chi connectivity index (χ3v) is 1.54. The Hall–Kier alpha value is -2.29. The van der Waals surface area contributed by atoms with Crippen LogP contribution in [0, 0.1) is 0 Å². The highest BCUT2D eigenvalue weighted by molar-refractivity contribution is 5.97. The number of hydrogen-bond donors (Lipinski definition) is 4. The maximum atomic E-state index is 10.5. The maximum Gasteiger partial charge on any atom is 0.332 e. The first-order valence-corrected chi connectivity index (χ1v) is 4.16. The Kier molecular flexibility index (Phi) is 4.09. The molecule has 1 aromatic rings. The molecule has 9 heteroatoms. The highest BCUT2D eigenvalue weighted by atomic mass is 16.4. The van der Waals surface area contributed by atoms with Crippen LogP contribution in [0.25, 0.3) is 0 Å². The van der Waals surface area contributed by atoms with Gasteiger partial charge in [0.1, 0.15) is 12.7 Å². The molecule has 9 nitrogen and oxygen atoms in total. The van der Waals surface area contributed by atoms with Crippen molar-refractivity contribution in [1.29, 1.82) is 0 Å². The average Bonchev–Trinajstić information content (AvgIpc) is 2.24. The summed E-state index contributed by atoms with van der Waals surface area (Å²) in [4.78, 5) is 31.9. The van der Waals surface area contributed by atoms with Crippen molar-refractivity contribution in [1.82, 2.24) is 20.3 Å². The summed E-state index contributed by atoms with van der Waals surface area (Å²) in [7, 11) is 0. The normalized spacial score (nSPS) is 10.1. The van der Waals surface area contributed by atoms with Crippen molar-refractivity contribution in [2.75, 3.05) is 12.0 Å². The fourth-order valence-electron chi connectivity index (χ4n) is 0.843. The fraction of sp³-hybridized carbons (Fsp3) is 0.286. The van der Waals surface area contributed by atoms with Crippen LogP contribution < -0.4 is 10.6 Å². The highest BCUT2D eigenvalue weighted by Crippen LogP contribution is 1.90. The molecule has 0 aliphatic heterocycles. The van der Waals surface area contributed by atoms with Gasteiger partial charge < -0.3 is 15.5 Å². The van der Waals surface area contributed by atoms with E-state index in [1.165, 1.54) is 12.7 Å². The zero-order valence-corrected chi connectivity index (χ0v) is 7.99. The predicted octanol–water partition coefficient (Wildman–Crippen LogP) is -1.63. The highest BCUT2D eigenvalue weighted by Gasteiger charge is 2.24. The maximum absolute atomic E-state index is 10.5. The summed E-state index contributed by atoms with van der Waals surface area (Å²) in [6.07, 6.45) is 2.50. The van der Waals surface area contributed by atoms with E-state index in [1.54, 1.807) is 0 Å². The Morgan fingerprint density at radius 3 is 2.31 bits per heavy atom. The Morgan fingerprint density at radius 2 is 1.81 bits per heavy atom. The lowest BCUT2D eigenvalue weighted by Crippen LogP contribution is -2.45. The zero-order chi connectivity index (χ0) is 12.0. The molecule has 0 fully saturated rings. The molecule has 0 aliphatic carbocycles. The van der Waals surface area contributed by atoms with Gasteiger partial charge in [-0.05, 0) is 0 Å². The third-order valence-electron chi connectivity index (χ3n) is 1.54. The first kappa shape index (κ1) is 11.8. The lowest BCUT2D eigenvalue weighted by molar-refractivity contribution is -0.150. The summed E-state index contributed by atoms with van der Waals surface area (Å²) in [6, 6.07) is -1.67. The van der Waals surface area contributed by atoms with E-state index < -0.39 is 18.0 Å². The molecule has 0 saturated heterocycles. The molecule has 4 N–H and O–H groups in total. The number of nitrogens with one attached hydrogen (secondary N) is 2. The van der Waals surface area contributed by atoms with Crippen LogP contribution in [0.2, 0.25) is 0 Å². The van der Waals surface area contributed by atoms with Crippen LogP contribution in [-0.2, 0) is 9.59 Å². The van der Waals surface area contributed by atoms with Gasteiger partial charge in [0.15, 0.2) is 0 Å². The van der Waals surface area contributed by atoms with Gasteiger partial charge in [-0.3, -0.25) is 5.32 Å². The van der Waals surface area contributed by atoms with Gasteiger partial charge in [-0.2, -0.15) is 0 Å². The molecule has 0 atom stereocenters. The molecular weight excluding hydrogens is 218 g/mol. The Morgan fingerprint density at radius 1 is 1.25 bits per heavy atom. The molecule has 1 heterocycles. The Bertz CT molecular complexity index is 356. The van der Waals surface area contributed by atoms with Gasteiger partial charge in [-0.15, -0.1) is 0 Å². The summed E-state index contributed by atoms with van der Waals surface area (Å²) in [5, 5.41) is 21.9. The number of carboxylic acid groups (broad SMARTS) is 2. The summed E-state index contributed by atoms with van der Waals surface area (Å²) in [5.41, 5.74) is 0. The van der Waals surface area contributed by atoms with Crippen LogP contribution in [0.4, 0.5) is 5.95 Å². The lowest BCUT2D eigenvalue weighted by Gasteiger charge is -2.10. The van der Waals surface area contributed by atoms with Gasteiger partial charge in [0.05, 0.1) is 6.67 Å². The van der Waals surface area contributed by atoms with Crippen molar-refractivity contribution in [2.24, 2.45) is 0 Å². The number of aliphatic carboxylic acids is 2. The van der Waals surface area contributed by atoms with E-state index in [2.05, 4.69) is 25.6 Å². The predicted molar refractivity (Wildman–Crippen MR) is 50.5 cm³/mol. The molecule has 0 spiro atoms. The number of hydrogen-bond acceptors (Lipinski definition) is 7. The van der Waals surface area contributed by atoms with Gasteiger partial charge in [0.2, 0.25) is 12.0 Å². The quantitative estimate of drug-likeness (QED) is 0.333. The topological polar surface area (TPSA) is 137 Å². The molecule has 0 amide bonds. The minimum atomic E-state index is -1.67. The molecule has 0 aliphatic rings. The van der Waals surface area contributed by atoms with Crippen molar-refractivity contribution < 1.29 is 19.8 Å². The Labute approximate surface area is 89.6 Å². The molecule has 0 saturated carbocycles. The first-order valence-electron chi connectivity index (χ1n) is 4.16. The van der Waals surface area contributed by atoms with Crippen molar-refractivity contribution >= 4 is 17.9 Å². The summed E-state index contributed by atoms with van der Waals surface area (Å²) in [6.45, 7) is -0.0900. The zero-order valence-electron chi connectivity index (χ0n) is 7.99. The van der Waals surface area contributed by atoms with Crippen LogP contribution >= 0.6 is 0 Å². The van der Waals surface area contributed by atoms with E-state index in [0.717, 1.165) is 0 Å². The van der Waals surface area contributed by atoms with Gasteiger partial charge in [-0.25, -0.2) is 24.5 Å². The first-order chi connectivity index (χ1) is 7.61. The van der Waals surface area contributed by atoms with E-state index in [0.29, 0.717) is 0 Å².